The van der Waals surface area contributed by atoms with E-state index < -0.39 is 0 Å². The zero-order valence-corrected chi connectivity index (χ0v) is 22.5. The second-order valence-corrected chi connectivity index (χ2v) is 9.46. The van der Waals surface area contributed by atoms with Crippen LogP contribution in [0.25, 0.3) is 0 Å². The van der Waals surface area contributed by atoms with Gasteiger partial charge >= 0.3 is 11.9 Å². The first-order valence-corrected chi connectivity index (χ1v) is 14.4. The van der Waals surface area contributed by atoms with Gasteiger partial charge in [-0.05, 0) is 37.8 Å². The average molecular weight is 479 g/mol. The smallest absolute Gasteiger partial charge is 0.311 e. The highest BCUT2D eigenvalue weighted by atomic mass is 16.5. The number of carbonyl (C=O) groups is 2. The molecule has 34 heavy (non-hydrogen) atoms. The van der Waals surface area contributed by atoms with Crippen LogP contribution in [0.4, 0.5) is 0 Å². The molecule has 0 aliphatic rings. The van der Waals surface area contributed by atoms with Gasteiger partial charge in [0.05, 0.1) is 25.4 Å². The number of carbonyl (C=O) groups excluding carboxylic acids is 2. The van der Waals surface area contributed by atoms with E-state index in [0.29, 0.717) is 0 Å². The Morgan fingerprint density at radius 1 is 0.471 bits per heavy atom. The molecule has 0 fully saturated rings. The van der Waals surface area contributed by atoms with Crippen molar-refractivity contribution in [2.45, 2.75) is 155 Å². The molecule has 4 nitrogen and oxygen atoms in total. The van der Waals surface area contributed by atoms with Gasteiger partial charge < -0.3 is 9.47 Å². The lowest BCUT2D eigenvalue weighted by Gasteiger charge is -2.01. The Balaban J connectivity index is 3.45. The standard InChI is InChI=1S/C30H54O4/c1-3-5-7-9-11-13-15-17-19-21-23-27-33-29(31)25-26-30(32)34-28-24-22-20-18-16-14-12-10-8-6-4-2/h23-24,27-28H,3-22,25-26H2,1-2H3/b27-23+,28-24+. The Hall–Kier alpha value is -1.58. The summed E-state index contributed by atoms with van der Waals surface area (Å²) in [4.78, 5) is 23.4. The van der Waals surface area contributed by atoms with Crippen molar-refractivity contribution in [3.63, 3.8) is 0 Å². The van der Waals surface area contributed by atoms with Crippen LogP contribution in [0.3, 0.4) is 0 Å². The fraction of sp³-hybridized carbons (Fsp3) is 0.800. The first kappa shape index (κ1) is 32.4. The lowest BCUT2D eigenvalue weighted by Crippen LogP contribution is -2.06. The molecule has 4 heteroatoms. The van der Waals surface area contributed by atoms with E-state index >= 15 is 0 Å². The normalized spacial score (nSPS) is 11.5. The number of allylic oxidation sites excluding steroid dienone is 2. The number of unbranched alkanes of at least 4 members (excludes halogenated alkanes) is 18. The Bertz CT molecular complexity index is 464. The highest BCUT2D eigenvalue weighted by molar-refractivity contribution is 5.78. The summed E-state index contributed by atoms with van der Waals surface area (Å²) >= 11 is 0. The van der Waals surface area contributed by atoms with Gasteiger partial charge in [0, 0.05) is 0 Å². The van der Waals surface area contributed by atoms with Gasteiger partial charge in [-0.1, -0.05) is 117 Å². The van der Waals surface area contributed by atoms with Gasteiger partial charge in [-0.2, -0.15) is 0 Å². The molecule has 0 aromatic carbocycles. The van der Waals surface area contributed by atoms with Crippen LogP contribution in [0.1, 0.15) is 155 Å². The summed E-state index contributed by atoms with van der Waals surface area (Å²) in [6, 6.07) is 0. The van der Waals surface area contributed by atoms with Crippen LogP contribution < -0.4 is 0 Å². The predicted molar refractivity (Wildman–Crippen MR) is 143 cm³/mol. The van der Waals surface area contributed by atoms with Gasteiger partial charge in [-0.3, -0.25) is 9.59 Å². The number of rotatable bonds is 25. The van der Waals surface area contributed by atoms with Gasteiger partial charge in [0.25, 0.3) is 0 Å². The predicted octanol–water partition coefficient (Wildman–Crippen LogP) is 9.72. The molecule has 0 atom stereocenters. The van der Waals surface area contributed by atoms with Gasteiger partial charge in [0.15, 0.2) is 0 Å². The van der Waals surface area contributed by atoms with Gasteiger partial charge in [0.1, 0.15) is 0 Å². The van der Waals surface area contributed by atoms with Crippen LogP contribution in [0, 0.1) is 0 Å². The molecule has 0 aliphatic heterocycles. The minimum Gasteiger partial charge on any atom is -0.435 e. The molecule has 0 rings (SSSR count). The quantitative estimate of drug-likeness (QED) is 0.0744. The molecule has 0 bridgehead atoms. The third kappa shape index (κ3) is 26.7. The molecular formula is C30H54O4. The summed E-state index contributed by atoms with van der Waals surface area (Å²) in [5.74, 6) is -0.780. The second-order valence-electron chi connectivity index (χ2n) is 9.46. The average Bonchev–Trinajstić information content (AvgIpc) is 2.84. The molecule has 0 radical (unpaired) electrons. The van der Waals surface area contributed by atoms with Gasteiger partial charge in [0.2, 0.25) is 0 Å². The summed E-state index contributed by atoms with van der Waals surface area (Å²) in [5.41, 5.74) is 0. The summed E-state index contributed by atoms with van der Waals surface area (Å²) in [7, 11) is 0. The molecule has 0 aliphatic carbocycles. The lowest BCUT2D eigenvalue weighted by atomic mass is 10.1. The summed E-state index contributed by atoms with van der Waals surface area (Å²) < 4.78 is 10.1. The molecule has 0 aromatic rings. The zero-order chi connectivity index (χ0) is 25.0. The van der Waals surface area contributed by atoms with E-state index in [9.17, 15) is 9.59 Å². The van der Waals surface area contributed by atoms with Crippen molar-refractivity contribution < 1.29 is 19.1 Å². The summed E-state index contributed by atoms with van der Waals surface area (Å²) in [6.07, 6.45) is 32.1. The van der Waals surface area contributed by atoms with Crippen LogP contribution in [-0.4, -0.2) is 11.9 Å². The Morgan fingerprint density at radius 2 is 0.765 bits per heavy atom. The van der Waals surface area contributed by atoms with Crippen molar-refractivity contribution in [2.75, 3.05) is 0 Å². The molecule has 198 valence electrons. The fourth-order valence-electron chi connectivity index (χ4n) is 3.85. The van der Waals surface area contributed by atoms with E-state index in [0.717, 1.165) is 25.7 Å². The minimum absolute atomic E-state index is 0.0489. The largest absolute Gasteiger partial charge is 0.435 e. The minimum atomic E-state index is -0.390. The molecule has 0 unspecified atom stereocenters. The lowest BCUT2D eigenvalue weighted by molar-refractivity contribution is -0.144. The van der Waals surface area contributed by atoms with E-state index in [1.807, 2.05) is 12.2 Å². The molecule has 0 saturated heterocycles. The second kappa shape index (κ2) is 27.7. The van der Waals surface area contributed by atoms with Crippen molar-refractivity contribution in [3.8, 4) is 0 Å². The number of esters is 2. The maximum Gasteiger partial charge on any atom is 0.311 e. The molecule has 0 spiro atoms. The van der Waals surface area contributed by atoms with Crippen molar-refractivity contribution in [1.29, 1.82) is 0 Å². The van der Waals surface area contributed by atoms with Crippen LogP contribution >= 0.6 is 0 Å². The van der Waals surface area contributed by atoms with Crippen molar-refractivity contribution in [1.82, 2.24) is 0 Å². The van der Waals surface area contributed by atoms with Crippen molar-refractivity contribution in [2.24, 2.45) is 0 Å². The van der Waals surface area contributed by atoms with E-state index in [1.165, 1.54) is 115 Å². The monoisotopic (exact) mass is 478 g/mol. The van der Waals surface area contributed by atoms with Gasteiger partial charge in [-0.15, -0.1) is 0 Å². The third-order valence-corrected chi connectivity index (χ3v) is 6.07. The van der Waals surface area contributed by atoms with Crippen LogP contribution in [-0.2, 0) is 19.1 Å². The first-order valence-electron chi connectivity index (χ1n) is 14.4. The SMILES string of the molecule is CCCCCCCCCCC/C=C/OC(=O)CCC(=O)O/C=C/CCCCCCCCCCC. The van der Waals surface area contributed by atoms with E-state index in [2.05, 4.69) is 13.8 Å². The van der Waals surface area contributed by atoms with Crippen LogP contribution in [0.15, 0.2) is 24.7 Å². The number of ether oxygens (including phenoxy) is 2. The molecule has 0 heterocycles. The zero-order valence-electron chi connectivity index (χ0n) is 22.5. The Kier molecular flexibility index (Phi) is 26.4. The molecular weight excluding hydrogens is 424 g/mol. The third-order valence-electron chi connectivity index (χ3n) is 6.07. The summed E-state index contributed by atoms with van der Waals surface area (Å²) in [5, 5.41) is 0. The molecule has 0 aromatic heterocycles. The van der Waals surface area contributed by atoms with Crippen LogP contribution in [0.5, 0.6) is 0 Å². The Morgan fingerprint density at radius 3 is 1.09 bits per heavy atom. The van der Waals surface area contributed by atoms with E-state index in [4.69, 9.17) is 9.47 Å². The molecule has 0 saturated carbocycles. The van der Waals surface area contributed by atoms with Crippen LogP contribution in [0.2, 0.25) is 0 Å². The number of hydrogen-bond acceptors (Lipinski definition) is 4. The highest BCUT2D eigenvalue weighted by Crippen LogP contribution is 2.12. The maximum absolute atomic E-state index is 11.7. The first-order chi connectivity index (χ1) is 16.7. The van der Waals surface area contributed by atoms with E-state index in [-0.39, 0.29) is 24.8 Å². The Labute approximate surface area is 210 Å². The van der Waals surface area contributed by atoms with E-state index in [1.54, 1.807) is 0 Å². The molecule has 0 N–H and O–H groups in total. The summed E-state index contributed by atoms with van der Waals surface area (Å²) in [6.45, 7) is 4.49. The van der Waals surface area contributed by atoms with Crippen molar-refractivity contribution in [3.05, 3.63) is 24.7 Å². The molecule has 0 amide bonds. The topological polar surface area (TPSA) is 52.6 Å². The fourth-order valence-corrected chi connectivity index (χ4v) is 3.85. The number of hydrogen-bond donors (Lipinski definition) is 0. The van der Waals surface area contributed by atoms with Crippen molar-refractivity contribution >= 4 is 11.9 Å². The highest BCUT2D eigenvalue weighted by Gasteiger charge is 2.07. The maximum atomic E-state index is 11.7. The van der Waals surface area contributed by atoms with Gasteiger partial charge in [-0.25, -0.2) is 0 Å².